The fourth-order valence-corrected chi connectivity index (χ4v) is 2.49. The van der Waals surface area contributed by atoms with E-state index in [9.17, 15) is 9.59 Å². The predicted molar refractivity (Wildman–Crippen MR) is 64.1 cm³/mol. The first-order valence-corrected chi connectivity index (χ1v) is 6.51. The van der Waals surface area contributed by atoms with Gasteiger partial charge in [0.2, 0.25) is 5.91 Å². The summed E-state index contributed by atoms with van der Waals surface area (Å²) in [6.45, 7) is 2.32. The summed E-state index contributed by atoms with van der Waals surface area (Å²) in [5.74, 6) is -0.451. The van der Waals surface area contributed by atoms with Gasteiger partial charge in [0.15, 0.2) is 6.10 Å². The number of rotatable bonds is 5. The number of carboxylic acid groups (broad SMARTS) is 1. The standard InChI is InChI=1S/C12H20N2O4/c15-11(5-8-3-4-13-6-8)14-7-9-1-2-10(18-9)12(16)17/h8-10,13H,1-7H2,(H,14,15)(H,16,17). The number of carboxylic acids is 1. The summed E-state index contributed by atoms with van der Waals surface area (Å²) in [4.78, 5) is 22.4. The minimum atomic E-state index is -0.916. The molecule has 0 aromatic rings. The van der Waals surface area contributed by atoms with E-state index in [1.54, 1.807) is 0 Å². The van der Waals surface area contributed by atoms with Crippen molar-refractivity contribution < 1.29 is 19.4 Å². The zero-order chi connectivity index (χ0) is 13.0. The first-order valence-electron chi connectivity index (χ1n) is 6.51. The summed E-state index contributed by atoms with van der Waals surface area (Å²) in [6.07, 6.45) is 1.96. The summed E-state index contributed by atoms with van der Waals surface area (Å²) in [5, 5.41) is 14.8. The topological polar surface area (TPSA) is 87.7 Å². The summed E-state index contributed by atoms with van der Waals surface area (Å²) in [7, 11) is 0. The molecule has 2 fully saturated rings. The minimum Gasteiger partial charge on any atom is -0.479 e. The number of amides is 1. The number of ether oxygens (including phenoxy) is 1. The summed E-state index contributed by atoms with van der Waals surface area (Å²) in [5.41, 5.74) is 0. The van der Waals surface area contributed by atoms with Crippen LogP contribution in [0.15, 0.2) is 0 Å². The van der Waals surface area contributed by atoms with Crippen molar-refractivity contribution >= 4 is 11.9 Å². The van der Waals surface area contributed by atoms with Gasteiger partial charge >= 0.3 is 5.97 Å². The van der Waals surface area contributed by atoms with E-state index >= 15 is 0 Å². The Morgan fingerprint density at radius 3 is 2.78 bits per heavy atom. The number of carbonyl (C=O) groups is 2. The van der Waals surface area contributed by atoms with Crippen LogP contribution in [0.3, 0.4) is 0 Å². The molecule has 2 aliphatic heterocycles. The zero-order valence-electron chi connectivity index (χ0n) is 10.4. The molecule has 2 rings (SSSR count). The highest BCUT2D eigenvalue weighted by Gasteiger charge is 2.30. The molecule has 18 heavy (non-hydrogen) atoms. The largest absolute Gasteiger partial charge is 0.479 e. The highest BCUT2D eigenvalue weighted by atomic mass is 16.5. The van der Waals surface area contributed by atoms with Gasteiger partial charge in [0.05, 0.1) is 6.10 Å². The van der Waals surface area contributed by atoms with Crippen molar-refractivity contribution in [1.82, 2.24) is 10.6 Å². The lowest BCUT2D eigenvalue weighted by Crippen LogP contribution is -2.34. The zero-order valence-corrected chi connectivity index (χ0v) is 10.4. The van der Waals surface area contributed by atoms with Gasteiger partial charge in [-0.2, -0.15) is 0 Å². The Morgan fingerprint density at radius 2 is 2.17 bits per heavy atom. The van der Waals surface area contributed by atoms with E-state index in [0.717, 1.165) is 19.5 Å². The van der Waals surface area contributed by atoms with Crippen molar-refractivity contribution in [2.24, 2.45) is 5.92 Å². The molecule has 3 unspecified atom stereocenters. The molecule has 2 aliphatic rings. The van der Waals surface area contributed by atoms with Gasteiger partial charge in [-0.1, -0.05) is 0 Å². The quantitative estimate of drug-likeness (QED) is 0.630. The second-order valence-electron chi connectivity index (χ2n) is 5.03. The van der Waals surface area contributed by atoms with Crippen molar-refractivity contribution in [2.75, 3.05) is 19.6 Å². The molecule has 0 bridgehead atoms. The van der Waals surface area contributed by atoms with Gasteiger partial charge in [-0.05, 0) is 38.3 Å². The average Bonchev–Trinajstić information content (AvgIpc) is 2.96. The fourth-order valence-electron chi connectivity index (χ4n) is 2.49. The number of hydrogen-bond acceptors (Lipinski definition) is 4. The Morgan fingerprint density at radius 1 is 1.33 bits per heavy atom. The number of carbonyl (C=O) groups excluding carboxylic acids is 1. The third-order valence-electron chi connectivity index (χ3n) is 3.55. The maximum absolute atomic E-state index is 11.7. The minimum absolute atomic E-state index is 0.0334. The Balaban J connectivity index is 1.62. The lowest BCUT2D eigenvalue weighted by molar-refractivity contribution is -0.149. The van der Waals surface area contributed by atoms with E-state index in [1.807, 2.05) is 0 Å². The first kappa shape index (κ1) is 13.3. The molecule has 2 heterocycles. The predicted octanol–water partition coefficient (Wildman–Crippen LogP) is -0.266. The molecule has 102 valence electrons. The van der Waals surface area contributed by atoms with E-state index in [-0.39, 0.29) is 12.0 Å². The Hall–Kier alpha value is -1.14. The number of nitrogens with one attached hydrogen (secondary N) is 2. The first-order chi connectivity index (χ1) is 8.65. The molecule has 3 N–H and O–H groups in total. The van der Waals surface area contributed by atoms with Crippen LogP contribution in [-0.4, -0.2) is 48.8 Å². The molecule has 0 aromatic heterocycles. The molecular weight excluding hydrogens is 236 g/mol. The second kappa shape index (κ2) is 6.15. The van der Waals surface area contributed by atoms with Gasteiger partial charge in [-0.3, -0.25) is 4.79 Å². The summed E-state index contributed by atoms with van der Waals surface area (Å²) in [6, 6.07) is 0. The van der Waals surface area contributed by atoms with Crippen LogP contribution in [0.5, 0.6) is 0 Å². The van der Waals surface area contributed by atoms with Crippen LogP contribution in [0.1, 0.15) is 25.7 Å². The molecule has 0 spiro atoms. The van der Waals surface area contributed by atoms with Crippen LogP contribution in [-0.2, 0) is 14.3 Å². The Labute approximate surface area is 106 Å². The smallest absolute Gasteiger partial charge is 0.332 e. The lowest BCUT2D eigenvalue weighted by atomic mass is 10.0. The summed E-state index contributed by atoms with van der Waals surface area (Å²) >= 11 is 0. The highest BCUT2D eigenvalue weighted by Crippen LogP contribution is 2.19. The number of aliphatic carboxylic acids is 1. The van der Waals surface area contributed by atoms with Gasteiger partial charge in [0.1, 0.15) is 0 Å². The lowest BCUT2D eigenvalue weighted by Gasteiger charge is -2.13. The molecule has 3 atom stereocenters. The molecule has 6 heteroatoms. The molecule has 2 saturated heterocycles. The van der Waals surface area contributed by atoms with Crippen LogP contribution >= 0.6 is 0 Å². The third-order valence-corrected chi connectivity index (χ3v) is 3.55. The van der Waals surface area contributed by atoms with Gasteiger partial charge in [0.25, 0.3) is 0 Å². The fraction of sp³-hybridized carbons (Fsp3) is 0.833. The van der Waals surface area contributed by atoms with Gasteiger partial charge in [0, 0.05) is 13.0 Å². The average molecular weight is 256 g/mol. The third kappa shape index (κ3) is 3.68. The molecule has 0 aromatic carbocycles. The maximum atomic E-state index is 11.7. The molecule has 0 aliphatic carbocycles. The molecule has 1 amide bonds. The Bertz CT molecular complexity index is 315. The van der Waals surface area contributed by atoms with Crippen molar-refractivity contribution in [2.45, 2.75) is 37.9 Å². The van der Waals surface area contributed by atoms with E-state index in [1.165, 1.54) is 0 Å². The molecule has 6 nitrogen and oxygen atoms in total. The van der Waals surface area contributed by atoms with Crippen LogP contribution in [0, 0.1) is 5.92 Å². The summed E-state index contributed by atoms with van der Waals surface area (Å²) < 4.78 is 5.32. The van der Waals surface area contributed by atoms with Gasteiger partial charge in [-0.25, -0.2) is 4.79 Å². The molecular formula is C12H20N2O4. The normalized spacial score (nSPS) is 31.4. The van der Waals surface area contributed by atoms with Gasteiger partial charge in [-0.15, -0.1) is 0 Å². The second-order valence-corrected chi connectivity index (χ2v) is 5.03. The van der Waals surface area contributed by atoms with Crippen molar-refractivity contribution in [3.63, 3.8) is 0 Å². The van der Waals surface area contributed by atoms with E-state index < -0.39 is 12.1 Å². The Kier molecular flexibility index (Phi) is 4.54. The van der Waals surface area contributed by atoms with Gasteiger partial charge < -0.3 is 20.5 Å². The van der Waals surface area contributed by atoms with Crippen LogP contribution in [0.25, 0.3) is 0 Å². The van der Waals surface area contributed by atoms with E-state index in [2.05, 4.69) is 10.6 Å². The van der Waals surface area contributed by atoms with Crippen molar-refractivity contribution in [1.29, 1.82) is 0 Å². The SMILES string of the molecule is O=C(CC1CCNC1)NCC1CCC(C(=O)O)O1. The van der Waals surface area contributed by atoms with Crippen LogP contribution in [0.2, 0.25) is 0 Å². The molecule has 0 saturated carbocycles. The van der Waals surface area contributed by atoms with Crippen molar-refractivity contribution in [3.8, 4) is 0 Å². The van der Waals surface area contributed by atoms with E-state index in [4.69, 9.17) is 9.84 Å². The number of hydrogen-bond donors (Lipinski definition) is 3. The molecule has 0 radical (unpaired) electrons. The monoisotopic (exact) mass is 256 g/mol. The van der Waals surface area contributed by atoms with Crippen LogP contribution < -0.4 is 10.6 Å². The highest BCUT2D eigenvalue weighted by molar-refractivity contribution is 5.76. The van der Waals surface area contributed by atoms with E-state index in [0.29, 0.717) is 31.7 Å². The maximum Gasteiger partial charge on any atom is 0.332 e. The van der Waals surface area contributed by atoms with Crippen LogP contribution in [0.4, 0.5) is 0 Å². The van der Waals surface area contributed by atoms with Crippen molar-refractivity contribution in [3.05, 3.63) is 0 Å².